The fraction of sp³-hybridized carbons (Fsp3) is 0.200. The molecular formula is C20H18ClN3O2. The molecule has 0 atom stereocenters. The number of ether oxygens (including phenoxy) is 2. The standard InChI is InChI=1S/C20H18ClN3O2/c1-3-8-26-19-15(21)10-13(11-18(19)25-2)9-14(12-22)20-23-16-6-4-5-7-17(16)24-20/h4-7,9-11H,3,8H2,1-2H3,(H,23,24)/b14-9+. The Morgan fingerprint density at radius 3 is 2.85 bits per heavy atom. The Hall–Kier alpha value is -2.97. The average molecular weight is 368 g/mol. The monoisotopic (exact) mass is 367 g/mol. The number of fused-ring (bicyclic) bond motifs is 1. The fourth-order valence-electron chi connectivity index (χ4n) is 2.57. The van der Waals surface area contributed by atoms with Crippen LogP contribution in [0.4, 0.5) is 0 Å². The van der Waals surface area contributed by atoms with Crippen molar-refractivity contribution in [1.82, 2.24) is 9.97 Å². The highest BCUT2D eigenvalue weighted by Crippen LogP contribution is 2.37. The Morgan fingerprint density at radius 2 is 2.15 bits per heavy atom. The van der Waals surface area contributed by atoms with Gasteiger partial charge in [0.05, 0.1) is 35.3 Å². The summed E-state index contributed by atoms with van der Waals surface area (Å²) in [6, 6.07) is 13.4. The first kappa shape index (κ1) is 17.8. The van der Waals surface area contributed by atoms with E-state index in [0.717, 1.165) is 23.0 Å². The summed E-state index contributed by atoms with van der Waals surface area (Å²) in [5, 5.41) is 10.0. The number of imidazole rings is 1. The van der Waals surface area contributed by atoms with Crippen molar-refractivity contribution in [3.05, 3.63) is 52.8 Å². The molecule has 1 aromatic heterocycles. The van der Waals surface area contributed by atoms with Gasteiger partial charge in [0.1, 0.15) is 11.9 Å². The van der Waals surface area contributed by atoms with Crippen molar-refractivity contribution < 1.29 is 9.47 Å². The molecule has 0 spiro atoms. The van der Waals surface area contributed by atoms with E-state index >= 15 is 0 Å². The van der Waals surface area contributed by atoms with Crippen molar-refractivity contribution in [2.45, 2.75) is 13.3 Å². The van der Waals surface area contributed by atoms with Crippen LogP contribution in [-0.4, -0.2) is 23.7 Å². The predicted octanol–water partition coefficient (Wildman–Crippen LogP) is 5.08. The zero-order chi connectivity index (χ0) is 18.5. The molecule has 0 bridgehead atoms. The number of para-hydroxylation sites is 2. The zero-order valence-electron chi connectivity index (χ0n) is 14.5. The van der Waals surface area contributed by atoms with Gasteiger partial charge in [0, 0.05) is 0 Å². The van der Waals surface area contributed by atoms with E-state index in [1.54, 1.807) is 25.3 Å². The Kier molecular flexibility index (Phi) is 5.45. The van der Waals surface area contributed by atoms with Crippen LogP contribution < -0.4 is 9.47 Å². The maximum absolute atomic E-state index is 9.57. The van der Waals surface area contributed by atoms with Gasteiger partial charge in [-0.2, -0.15) is 5.26 Å². The van der Waals surface area contributed by atoms with Crippen LogP contribution in [0.25, 0.3) is 22.7 Å². The van der Waals surface area contributed by atoms with Crippen LogP contribution >= 0.6 is 11.6 Å². The number of hydrogen-bond donors (Lipinski definition) is 1. The highest BCUT2D eigenvalue weighted by Gasteiger charge is 2.13. The highest BCUT2D eigenvalue weighted by atomic mass is 35.5. The maximum atomic E-state index is 9.57. The first-order valence-electron chi connectivity index (χ1n) is 8.23. The summed E-state index contributed by atoms with van der Waals surface area (Å²) in [4.78, 5) is 7.63. The van der Waals surface area contributed by atoms with E-state index in [9.17, 15) is 5.26 Å². The minimum atomic E-state index is 0.404. The molecule has 2 aromatic carbocycles. The molecule has 3 aromatic rings. The van der Waals surface area contributed by atoms with Crippen LogP contribution in [0.15, 0.2) is 36.4 Å². The Balaban J connectivity index is 2.01. The molecule has 3 rings (SSSR count). The lowest BCUT2D eigenvalue weighted by Crippen LogP contribution is -1.99. The zero-order valence-corrected chi connectivity index (χ0v) is 15.3. The number of benzene rings is 2. The maximum Gasteiger partial charge on any atom is 0.179 e. The Morgan fingerprint density at radius 1 is 1.35 bits per heavy atom. The summed E-state index contributed by atoms with van der Waals surface area (Å²) in [5.41, 5.74) is 2.82. The topological polar surface area (TPSA) is 70.9 Å². The summed E-state index contributed by atoms with van der Waals surface area (Å²) in [6.45, 7) is 2.57. The molecule has 0 saturated heterocycles. The third kappa shape index (κ3) is 3.66. The van der Waals surface area contributed by atoms with Crippen LogP contribution in [0.2, 0.25) is 5.02 Å². The third-order valence-corrected chi connectivity index (χ3v) is 4.06. The predicted molar refractivity (Wildman–Crippen MR) is 103 cm³/mol. The Labute approximate surface area is 156 Å². The largest absolute Gasteiger partial charge is 0.493 e. The number of allylic oxidation sites excluding steroid dienone is 1. The lowest BCUT2D eigenvalue weighted by Gasteiger charge is -2.12. The molecule has 0 unspecified atom stereocenters. The van der Waals surface area contributed by atoms with Crippen LogP contribution in [0.5, 0.6) is 11.5 Å². The molecule has 0 amide bonds. The molecule has 0 aliphatic carbocycles. The smallest absolute Gasteiger partial charge is 0.179 e. The molecule has 0 saturated carbocycles. The molecule has 1 N–H and O–H groups in total. The lowest BCUT2D eigenvalue weighted by atomic mass is 10.1. The molecular weight excluding hydrogens is 350 g/mol. The van der Waals surface area contributed by atoms with Crippen molar-refractivity contribution in [2.75, 3.05) is 13.7 Å². The lowest BCUT2D eigenvalue weighted by molar-refractivity contribution is 0.294. The van der Waals surface area contributed by atoms with Crippen molar-refractivity contribution in [3.8, 4) is 17.6 Å². The van der Waals surface area contributed by atoms with E-state index in [-0.39, 0.29) is 0 Å². The van der Waals surface area contributed by atoms with E-state index in [1.165, 1.54) is 0 Å². The molecule has 26 heavy (non-hydrogen) atoms. The van der Waals surface area contributed by atoms with Gasteiger partial charge in [-0.1, -0.05) is 30.7 Å². The average Bonchev–Trinajstić information content (AvgIpc) is 3.08. The molecule has 6 heteroatoms. The number of nitriles is 1. The molecule has 1 heterocycles. The first-order chi connectivity index (χ1) is 12.7. The normalized spacial score (nSPS) is 11.4. The van der Waals surface area contributed by atoms with Crippen molar-refractivity contribution in [2.24, 2.45) is 0 Å². The molecule has 0 aliphatic rings. The number of H-pyrrole nitrogens is 1. The van der Waals surface area contributed by atoms with Gasteiger partial charge in [0.25, 0.3) is 0 Å². The number of hydrogen-bond acceptors (Lipinski definition) is 4. The Bertz CT molecular complexity index is 969. The minimum absolute atomic E-state index is 0.404. The fourth-order valence-corrected chi connectivity index (χ4v) is 2.84. The van der Waals surface area contributed by atoms with Crippen LogP contribution in [0.3, 0.4) is 0 Å². The van der Waals surface area contributed by atoms with Gasteiger partial charge in [0.15, 0.2) is 11.5 Å². The summed E-state index contributed by atoms with van der Waals surface area (Å²) >= 11 is 6.35. The third-order valence-electron chi connectivity index (χ3n) is 3.78. The van der Waals surface area contributed by atoms with Gasteiger partial charge >= 0.3 is 0 Å². The summed E-state index contributed by atoms with van der Waals surface area (Å²) in [5.74, 6) is 1.55. The van der Waals surface area contributed by atoms with Crippen LogP contribution in [-0.2, 0) is 0 Å². The number of rotatable bonds is 6. The van der Waals surface area contributed by atoms with Gasteiger partial charge in [-0.3, -0.25) is 0 Å². The number of nitrogens with zero attached hydrogens (tertiary/aromatic N) is 2. The van der Waals surface area contributed by atoms with Gasteiger partial charge in [-0.15, -0.1) is 0 Å². The summed E-state index contributed by atoms with van der Waals surface area (Å²) in [6.07, 6.45) is 2.58. The van der Waals surface area contributed by atoms with E-state index in [2.05, 4.69) is 16.0 Å². The molecule has 0 fully saturated rings. The van der Waals surface area contributed by atoms with Crippen LogP contribution in [0.1, 0.15) is 24.7 Å². The van der Waals surface area contributed by atoms with Crippen LogP contribution in [0, 0.1) is 11.3 Å². The van der Waals surface area contributed by atoms with Crippen molar-refractivity contribution in [1.29, 1.82) is 5.26 Å². The van der Waals surface area contributed by atoms with Gasteiger partial charge < -0.3 is 14.5 Å². The number of methoxy groups -OCH3 is 1. The number of nitrogens with one attached hydrogen (secondary N) is 1. The highest BCUT2D eigenvalue weighted by molar-refractivity contribution is 6.32. The first-order valence-corrected chi connectivity index (χ1v) is 8.61. The van der Waals surface area contributed by atoms with Gasteiger partial charge in [0.2, 0.25) is 0 Å². The second-order valence-corrected chi connectivity index (χ2v) is 6.06. The van der Waals surface area contributed by atoms with E-state index in [4.69, 9.17) is 21.1 Å². The SMILES string of the molecule is CCCOc1c(Cl)cc(/C=C(\C#N)c2nc3ccccc3[nH]2)cc1OC. The molecule has 132 valence electrons. The quantitative estimate of drug-likeness (QED) is 0.617. The van der Waals surface area contributed by atoms with E-state index in [0.29, 0.717) is 34.5 Å². The van der Waals surface area contributed by atoms with E-state index < -0.39 is 0 Å². The number of halogens is 1. The minimum Gasteiger partial charge on any atom is -0.493 e. The summed E-state index contributed by atoms with van der Waals surface area (Å²) in [7, 11) is 1.56. The summed E-state index contributed by atoms with van der Waals surface area (Å²) < 4.78 is 11.0. The molecule has 0 aliphatic heterocycles. The number of aromatic nitrogens is 2. The van der Waals surface area contributed by atoms with Gasteiger partial charge in [-0.05, 0) is 42.3 Å². The second-order valence-electron chi connectivity index (χ2n) is 5.65. The van der Waals surface area contributed by atoms with Crippen molar-refractivity contribution in [3.63, 3.8) is 0 Å². The van der Waals surface area contributed by atoms with Crippen molar-refractivity contribution >= 4 is 34.3 Å². The van der Waals surface area contributed by atoms with Gasteiger partial charge in [-0.25, -0.2) is 4.98 Å². The molecule has 0 radical (unpaired) electrons. The molecule has 5 nitrogen and oxygen atoms in total. The van der Waals surface area contributed by atoms with E-state index in [1.807, 2.05) is 31.2 Å². The second kappa shape index (κ2) is 7.94. The number of aromatic amines is 1.